The van der Waals surface area contributed by atoms with Crippen molar-refractivity contribution in [2.45, 2.75) is 45.1 Å². The van der Waals surface area contributed by atoms with Gasteiger partial charge in [-0.1, -0.05) is 0 Å². The highest BCUT2D eigenvalue weighted by Gasteiger charge is 2.49. The second-order valence-corrected chi connectivity index (χ2v) is 4.94. The van der Waals surface area contributed by atoms with Crippen molar-refractivity contribution in [1.82, 2.24) is 4.90 Å². The number of likely N-dealkylation sites (tertiary alicyclic amines) is 1. The molecule has 2 fully saturated rings. The van der Waals surface area contributed by atoms with Gasteiger partial charge in [0.05, 0.1) is 6.61 Å². The van der Waals surface area contributed by atoms with Crippen molar-refractivity contribution in [2.24, 2.45) is 5.92 Å². The first kappa shape index (κ1) is 11.4. The molecule has 4 heteroatoms. The highest BCUT2D eigenvalue weighted by atomic mass is 16.5. The Kier molecular flexibility index (Phi) is 2.91. The van der Waals surface area contributed by atoms with Crippen LogP contribution >= 0.6 is 0 Å². The lowest BCUT2D eigenvalue weighted by Gasteiger charge is -2.33. The average molecular weight is 225 g/mol. The van der Waals surface area contributed by atoms with Crippen LogP contribution in [0.4, 0.5) is 0 Å². The largest absolute Gasteiger partial charge is 0.464 e. The van der Waals surface area contributed by atoms with Crippen molar-refractivity contribution in [3.8, 4) is 0 Å². The van der Waals surface area contributed by atoms with E-state index in [1.165, 1.54) is 12.8 Å². The lowest BCUT2D eigenvalue weighted by molar-refractivity contribution is -0.158. The van der Waals surface area contributed by atoms with E-state index in [-0.39, 0.29) is 11.9 Å². The van der Waals surface area contributed by atoms with E-state index < -0.39 is 5.54 Å². The van der Waals surface area contributed by atoms with Crippen molar-refractivity contribution in [3.05, 3.63) is 0 Å². The second-order valence-electron chi connectivity index (χ2n) is 4.94. The summed E-state index contributed by atoms with van der Waals surface area (Å²) in [5.74, 6) is 0.458. The van der Waals surface area contributed by atoms with Gasteiger partial charge in [0.2, 0.25) is 5.91 Å². The number of esters is 1. The van der Waals surface area contributed by atoms with Gasteiger partial charge in [-0.05, 0) is 39.0 Å². The molecule has 1 aliphatic carbocycles. The molecule has 1 unspecified atom stereocenters. The molecule has 1 atom stereocenters. The monoisotopic (exact) mass is 225 g/mol. The van der Waals surface area contributed by atoms with Gasteiger partial charge in [0, 0.05) is 13.0 Å². The average Bonchev–Trinajstić information content (AvgIpc) is 3.01. The van der Waals surface area contributed by atoms with Gasteiger partial charge in [-0.2, -0.15) is 0 Å². The zero-order valence-corrected chi connectivity index (χ0v) is 9.99. The van der Waals surface area contributed by atoms with E-state index in [2.05, 4.69) is 0 Å². The lowest BCUT2D eigenvalue weighted by Crippen LogP contribution is -2.51. The Labute approximate surface area is 95.9 Å². The van der Waals surface area contributed by atoms with Crippen LogP contribution in [0.3, 0.4) is 0 Å². The molecular formula is C12H19NO3. The maximum Gasteiger partial charge on any atom is 0.331 e. The molecule has 0 spiro atoms. The minimum absolute atomic E-state index is 0.0995. The van der Waals surface area contributed by atoms with Crippen LogP contribution in [0.5, 0.6) is 0 Å². The predicted molar refractivity (Wildman–Crippen MR) is 58.7 cm³/mol. The molecule has 1 aliphatic heterocycles. The topological polar surface area (TPSA) is 46.6 Å². The molecule has 2 aliphatic rings. The standard InChI is InChI=1S/C12H19NO3/c1-3-16-11(15)12(2)7-6-10(14)13(12)8-9-4-5-9/h9H,3-8H2,1-2H3. The molecule has 0 bridgehead atoms. The first-order valence-electron chi connectivity index (χ1n) is 6.05. The molecule has 0 radical (unpaired) electrons. The molecule has 16 heavy (non-hydrogen) atoms. The van der Waals surface area contributed by atoms with Crippen LogP contribution in [0.2, 0.25) is 0 Å². The van der Waals surface area contributed by atoms with E-state index in [0.717, 1.165) is 6.54 Å². The second kappa shape index (κ2) is 4.07. The number of amides is 1. The number of carbonyl (C=O) groups excluding carboxylic acids is 2. The number of hydrogen-bond donors (Lipinski definition) is 0. The maximum absolute atomic E-state index is 11.9. The molecule has 0 N–H and O–H groups in total. The third-order valence-electron chi connectivity index (χ3n) is 3.58. The van der Waals surface area contributed by atoms with Crippen molar-refractivity contribution < 1.29 is 14.3 Å². The fourth-order valence-electron chi connectivity index (χ4n) is 2.26. The lowest BCUT2D eigenvalue weighted by atomic mass is 9.99. The van der Waals surface area contributed by atoms with Crippen LogP contribution in [0.15, 0.2) is 0 Å². The number of rotatable bonds is 4. The summed E-state index contributed by atoms with van der Waals surface area (Å²) in [4.78, 5) is 25.4. The first-order chi connectivity index (χ1) is 7.58. The third-order valence-corrected chi connectivity index (χ3v) is 3.58. The molecule has 1 saturated carbocycles. The fourth-order valence-corrected chi connectivity index (χ4v) is 2.26. The Morgan fingerprint density at radius 2 is 2.25 bits per heavy atom. The van der Waals surface area contributed by atoms with Gasteiger partial charge in [-0.25, -0.2) is 4.79 Å². The molecule has 90 valence electrons. The first-order valence-corrected chi connectivity index (χ1v) is 6.05. The van der Waals surface area contributed by atoms with Gasteiger partial charge in [0.15, 0.2) is 0 Å². The maximum atomic E-state index is 11.9. The molecule has 0 aromatic carbocycles. The molecule has 4 nitrogen and oxygen atoms in total. The van der Waals surface area contributed by atoms with Crippen LogP contribution in [0.25, 0.3) is 0 Å². The molecule has 1 saturated heterocycles. The van der Waals surface area contributed by atoms with E-state index in [1.807, 2.05) is 6.92 Å². The smallest absolute Gasteiger partial charge is 0.331 e. The van der Waals surface area contributed by atoms with Crippen LogP contribution < -0.4 is 0 Å². The molecular weight excluding hydrogens is 206 g/mol. The number of ether oxygens (including phenoxy) is 1. The summed E-state index contributed by atoms with van der Waals surface area (Å²) in [7, 11) is 0. The van der Waals surface area contributed by atoms with E-state index in [4.69, 9.17) is 4.74 Å². The molecule has 0 aromatic heterocycles. The Balaban J connectivity index is 2.10. The summed E-state index contributed by atoms with van der Waals surface area (Å²) in [5, 5.41) is 0. The van der Waals surface area contributed by atoms with Gasteiger partial charge in [0.1, 0.15) is 5.54 Å². The van der Waals surface area contributed by atoms with Crippen molar-refractivity contribution in [1.29, 1.82) is 0 Å². The van der Waals surface area contributed by atoms with Gasteiger partial charge < -0.3 is 9.64 Å². The van der Waals surface area contributed by atoms with E-state index in [9.17, 15) is 9.59 Å². The SMILES string of the molecule is CCOC(=O)C1(C)CCC(=O)N1CC1CC1. The number of hydrogen-bond acceptors (Lipinski definition) is 3. The quantitative estimate of drug-likeness (QED) is 0.678. The Morgan fingerprint density at radius 1 is 1.56 bits per heavy atom. The van der Waals surface area contributed by atoms with Crippen LogP contribution in [0, 0.1) is 5.92 Å². The minimum Gasteiger partial charge on any atom is -0.464 e. The van der Waals surface area contributed by atoms with E-state index in [0.29, 0.717) is 25.4 Å². The van der Waals surface area contributed by atoms with E-state index in [1.54, 1.807) is 11.8 Å². The summed E-state index contributed by atoms with van der Waals surface area (Å²) in [6.07, 6.45) is 3.44. The molecule has 1 heterocycles. The highest BCUT2D eigenvalue weighted by Crippen LogP contribution is 2.37. The summed E-state index contributed by atoms with van der Waals surface area (Å²) in [6.45, 7) is 4.73. The van der Waals surface area contributed by atoms with Crippen LogP contribution in [-0.4, -0.2) is 35.5 Å². The van der Waals surface area contributed by atoms with Gasteiger partial charge in [-0.3, -0.25) is 4.79 Å². The van der Waals surface area contributed by atoms with Gasteiger partial charge in [-0.15, -0.1) is 0 Å². The fraction of sp³-hybridized carbons (Fsp3) is 0.833. The van der Waals surface area contributed by atoms with Gasteiger partial charge in [0.25, 0.3) is 0 Å². The normalized spacial score (nSPS) is 29.6. The summed E-state index contributed by atoms with van der Waals surface area (Å²) < 4.78 is 5.08. The summed E-state index contributed by atoms with van der Waals surface area (Å²) >= 11 is 0. The van der Waals surface area contributed by atoms with Crippen molar-refractivity contribution in [3.63, 3.8) is 0 Å². The third kappa shape index (κ3) is 1.93. The number of nitrogens with zero attached hydrogens (tertiary/aromatic N) is 1. The zero-order valence-electron chi connectivity index (χ0n) is 9.99. The Hall–Kier alpha value is -1.06. The van der Waals surface area contributed by atoms with Crippen molar-refractivity contribution >= 4 is 11.9 Å². The Morgan fingerprint density at radius 3 is 2.81 bits per heavy atom. The summed E-state index contributed by atoms with van der Waals surface area (Å²) in [6, 6.07) is 0. The minimum atomic E-state index is -0.713. The Bertz CT molecular complexity index is 311. The van der Waals surface area contributed by atoms with Crippen molar-refractivity contribution in [2.75, 3.05) is 13.2 Å². The summed E-state index contributed by atoms with van der Waals surface area (Å²) in [5.41, 5.74) is -0.713. The molecule has 1 amide bonds. The number of carbonyl (C=O) groups is 2. The highest BCUT2D eigenvalue weighted by molar-refractivity contribution is 5.91. The van der Waals surface area contributed by atoms with Crippen LogP contribution in [0.1, 0.15) is 39.5 Å². The predicted octanol–water partition coefficient (Wildman–Crippen LogP) is 1.34. The molecule has 2 rings (SSSR count). The van der Waals surface area contributed by atoms with Gasteiger partial charge >= 0.3 is 5.97 Å². The zero-order chi connectivity index (χ0) is 11.8. The molecule has 0 aromatic rings. The van der Waals surface area contributed by atoms with E-state index >= 15 is 0 Å². The van der Waals surface area contributed by atoms with Crippen LogP contribution in [-0.2, 0) is 14.3 Å².